The number of nitrogens with zero attached hydrogens (tertiary/aromatic N) is 2. The van der Waals surface area contributed by atoms with Gasteiger partial charge in [0.15, 0.2) is 12.4 Å². The van der Waals surface area contributed by atoms with E-state index in [1.54, 1.807) is 44.2 Å². The number of nitrogen functional groups attached to an aromatic ring is 1. The number of fused-ring (bicyclic) bond motifs is 1. The molecule has 3 aromatic rings. The van der Waals surface area contributed by atoms with E-state index in [1.807, 2.05) is 12.1 Å². The maximum atomic E-state index is 12.6. The monoisotopic (exact) mass is 414 g/mol. The fourth-order valence-corrected chi connectivity index (χ4v) is 4.09. The van der Waals surface area contributed by atoms with Crippen molar-refractivity contribution in [2.45, 2.75) is 31.4 Å². The highest BCUT2D eigenvalue weighted by Gasteiger charge is 2.29. The second-order valence-electron chi connectivity index (χ2n) is 6.81. The molecule has 3 rings (SSSR count). The first kappa shape index (κ1) is 20.7. The number of rotatable bonds is 7. The summed E-state index contributed by atoms with van der Waals surface area (Å²) >= 11 is 0. The van der Waals surface area contributed by atoms with E-state index in [9.17, 15) is 13.2 Å². The number of anilines is 1. The maximum Gasteiger partial charge on any atom is 0.324 e. The van der Waals surface area contributed by atoms with Crippen LogP contribution in [0.15, 0.2) is 59.5 Å². The van der Waals surface area contributed by atoms with Crippen LogP contribution in [0.25, 0.3) is 10.9 Å². The first-order valence-corrected chi connectivity index (χ1v) is 10.5. The van der Waals surface area contributed by atoms with Gasteiger partial charge in [0.05, 0.1) is 10.4 Å². The summed E-state index contributed by atoms with van der Waals surface area (Å²) in [6.45, 7) is 3.23. The number of benzene rings is 2. The highest BCUT2D eigenvalue weighted by molar-refractivity contribution is 7.89. The van der Waals surface area contributed by atoms with E-state index in [0.29, 0.717) is 10.9 Å². The van der Waals surface area contributed by atoms with E-state index < -0.39 is 22.0 Å². The van der Waals surface area contributed by atoms with Crippen molar-refractivity contribution in [2.75, 3.05) is 5.73 Å². The normalized spacial score (nSPS) is 12.8. The zero-order valence-corrected chi connectivity index (χ0v) is 16.9. The number of nitrogens with one attached hydrogen (secondary N) is 1. The van der Waals surface area contributed by atoms with Crippen molar-refractivity contribution < 1.29 is 17.9 Å². The van der Waals surface area contributed by atoms with Crippen molar-refractivity contribution in [3.63, 3.8) is 0 Å². The third-order valence-electron chi connectivity index (χ3n) is 4.28. The smallest absolute Gasteiger partial charge is 0.324 e. The van der Waals surface area contributed by atoms with Crippen molar-refractivity contribution in [1.82, 2.24) is 14.7 Å². The lowest BCUT2D eigenvalue weighted by Gasteiger charge is -2.20. The molecule has 0 amide bonds. The summed E-state index contributed by atoms with van der Waals surface area (Å²) in [5.41, 5.74) is 6.57. The van der Waals surface area contributed by atoms with Crippen LogP contribution in [-0.4, -0.2) is 30.4 Å². The minimum atomic E-state index is -3.87. The first-order valence-electron chi connectivity index (χ1n) is 9.03. The molecule has 0 radical (unpaired) electrons. The van der Waals surface area contributed by atoms with Crippen LogP contribution in [0.3, 0.4) is 0 Å². The van der Waals surface area contributed by atoms with Gasteiger partial charge in [-0.2, -0.15) is 4.72 Å². The summed E-state index contributed by atoms with van der Waals surface area (Å²) in [5.74, 6) is -0.520. The molecule has 0 fully saturated rings. The Labute approximate surface area is 169 Å². The molecular formula is C20H22N4O4S. The fraction of sp³-hybridized carbons (Fsp3) is 0.250. The molecule has 0 aliphatic carbocycles. The second kappa shape index (κ2) is 8.54. The Kier molecular flexibility index (Phi) is 6.09. The molecule has 0 aliphatic rings. The molecule has 1 aromatic heterocycles. The van der Waals surface area contributed by atoms with Gasteiger partial charge in [0.2, 0.25) is 10.0 Å². The SMILES string of the molecule is CC(C)C(NS(=O)(=O)c1ccccc1)C(=O)OCc1nc(N)c2ccccc2n1. The first-order chi connectivity index (χ1) is 13.8. The number of hydrogen-bond donors (Lipinski definition) is 2. The van der Waals surface area contributed by atoms with Gasteiger partial charge in [-0.1, -0.05) is 44.2 Å². The molecule has 152 valence electrons. The van der Waals surface area contributed by atoms with Gasteiger partial charge in [-0.05, 0) is 30.2 Å². The van der Waals surface area contributed by atoms with Crippen molar-refractivity contribution in [1.29, 1.82) is 0 Å². The summed E-state index contributed by atoms with van der Waals surface area (Å²) in [6.07, 6.45) is 0. The second-order valence-corrected chi connectivity index (χ2v) is 8.52. The molecule has 0 saturated carbocycles. The molecular weight excluding hydrogens is 392 g/mol. The van der Waals surface area contributed by atoms with Crippen LogP contribution in [0.4, 0.5) is 5.82 Å². The van der Waals surface area contributed by atoms with Crippen LogP contribution >= 0.6 is 0 Å². The summed E-state index contributed by atoms with van der Waals surface area (Å²) in [4.78, 5) is 21.1. The topological polar surface area (TPSA) is 124 Å². The lowest BCUT2D eigenvalue weighted by atomic mass is 10.1. The lowest BCUT2D eigenvalue weighted by molar-refractivity contribution is -0.148. The Balaban J connectivity index is 1.74. The van der Waals surface area contributed by atoms with Gasteiger partial charge in [-0.3, -0.25) is 4.79 Å². The van der Waals surface area contributed by atoms with Gasteiger partial charge in [0.1, 0.15) is 11.9 Å². The number of carbonyl (C=O) groups is 1. The van der Waals surface area contributed by atoms with Crippen LogP contribution in [0.1, 0.15) is 19.7 Å². The van der Waals surface area contributed by atoms with Gasteiger partial charge in [-0.25, -0.2) is 18.4 Å². The van der Waals surface area contributed by atoms with E-state index in [-0.39, 0.29) is 29.1 Å². The fourth-order valence-electron chi connectivity index (χ4n) is 2.73. The molecule has 1 heterocycles. The highest BCUT2D eigenvalue weighted by atomic mass is 32.2. The van der Waals surface area contributed by atoms with Crippen LogP contribution in [0.2, 0.25) is 0 Å². The number of nitrogens with two attached hydrogens (primary N) is 1. The Morgan fingerprint density at radius 2 is 1.72 bits per heavy atom. The minimum Gasteiger partial charge on any atom is -0.456 e. The molecule has 9 heteroatoms. The van der Waals surface area contributed by atoms with E-state index in [1.165, 1.54) is 12.1 Å². The van der Waals surface area contributed by atoms with Gasteiger partial charge >= 0.3 is 5.97 Å². The summed E-state index contributed by atoms with van der Waals surface area (Å²) in [7, 11) is -3.87. The van der Waals surface area contributed by atoms with Crippen LogP contribution in [-0.2, 0) is 26.2 Å². The summed E-state index contributed by atoms with van der Waals surface area (Å²) in [6, 6.07) is 14.0. The van der Waals surface area contributed by atoms with E-state index >= 15 is 0 Å². The highest BCUT2D eigenvalue weighted by Crippen LogP contribution is 2.18. The van der Waals surface area contributed by atoms with Gasteiger partial charge in [0, 0.05) is 5.39 Å². The number of carbonyl (C=O) groups excluding carboxylic acids is 1. The molecule has 8 nitrogen and oxygen atoms in total. The zero-order chi connectivity index (χ0) is 21.0. The quantitative estimate of drug-likeness (QED) is 0.568. The molecule has 29 heavy (non-hydrogen) atoms. The predicted octanol–water partition coefficient (Wildman–Crippen LogP) is 2.26. The zero-order valence-electron chi connectivity index (χ0n) is 16.1. The average Bonchev–Trinajstić information content (AvgIpc) is 2.71. The Morgan fingerprint density at radius 1 is 1.07 bits per heavy atom. The van der Waals surface area contributed by atoms with Crippen molar-refractivity contribution in [3.8, 4) is 0 Å². The number of hydrogen-bond acceptors (Lipinski definition) is 7. The molecule has 3 N–H and O–H groups in total. The number of aromatic nitrogens is 2. The maximum absolute atomic E-state index is 12.6. The Morgan fingerprint density at radius 3 is 2.41 bits per heavy atom. The standard InChI is InChI=1S/C20H22N4O4S/c1-13(2)18(24-29(26,27)14-8-4-3-5-9-14)20(25)28-12-17-22-16-11-7-6-10-15(16)19(21)23-17/h3-11,13,18,24H,12H2,1-2H3,(H2,21,22,23). The van der Waals surface area contributed by atoms with Gasteiger partial charge < -0.3 is 10.5 Å². The molecule has 0 saturated heterocycles. The molecule has 0 bridgehead atoms. The molecule has 1 atom stereocenters. The third-order valence-corrected chi connectivity index (χ3v) is 5.74. The van der Waals surface area contributed by atoms with Gasteiger partial charge in [0.25, 0.3) is 0 Å². The van der Waals surface area contributed by atoms with Crippen LogP contribution < -0.4 is 10.5 Å². The van der Waals surface area contributed by atoms with E-state index in [4.69, 9.17) is 10.5 Å². The van der Waals surface area contributed by atoms with E-state index in [0.717, 1.165) is 0 Å². The molecule has 0 aliphatic heterocycles. The predicted molar refractivity (Wildman–Crippen MR) is 109 cm³/mol. The number of esters is 1. The van der Waals surface area contributed by atoms with E-state index in [2.05, 4.69) is 14.7 Å². The van der Waals surface area contributed by atoms with Crippen LogP contribution in [0.5, 0.6) is 0 Å². The minimum absolute atomic E-state index is 0.0732. The van der Waals surface area contributed by atoms with Crippen LogP contribution in [0, 0.1) is 5.92 Å². The third kappa shape index (κ3) is 4.87. The number of sulfonamides is 1. The van der Waals surface area contributed by atoms with Crippen molar-refractivity contribution >= 4 is 32.7 Å². The molecule has 1 unspecified atom stereocenters. The average molecular weight is 414 g/mol. The Bertz CT molecular complexity index is 1120. The summed E-state index contributed by atoms with van der Waals surface area (Å²) in [5, 5.41) is 0.707. The number of ether oxygens (including phenoxy) is 1. The molecule has 0 spiro atoms. The van der Waals surface area contributed by atoms with Gasteiger partial charge in [-0.15, -0.1) is 0 Å². The lowest BCUT2D eigenvalue weighted by Crippen LogP contribution is -2.45. The number of para-hydroxylation sites is 1. The Hall–Kier alpha value is -3.04. The van der Waals surface area contributed by atoms with Crippen molar-refractivity contribution in [3.05, 3.63) is 60.4 Å². The van der Waals surface area contributed by atoms with Crippen molar-refractivity contribution in [2.24, 2.45) is 5.92 Å². The largest absolute Gasteiger partial charge is 0.456 e. The summed E-state index contributed by atoms with van der Waals surface area (Å²) < 4.78 is 32.8. The molecule has 2 aromatic carbocycles.